The Balaban J connectivity index is 1.40. The van der Waals surface area contributed by atoms with Gasteiger partial charge in [-0.1, -0.05) is 40.2 Å². The first kappa shape index (κ1) is 21.1. The normalized spacial score (nSPS) is 17.5. The fourth-order valence-electron chi connectivity index (χ4n) is 4.33. The first-order valence-corrected chi connectivity index (χ1v) is 11.5. The van der Waals surface area contributed by atoms with E-state index in [0.29, 0.717) is 12.6 Å². The van der Waals surface area contributed by atoms with Gasteiger partial charge in [-0.25, -0.2) is 4.98 Å². The van der Waals surface area contributed by atoms with E-state index in [-0.39, 0.29) is 11.8 Å². The van der Waals surface area contributed by atoms with E-state index in [1.54, 1.807) is 0 Å². The van der Waals surface area contributed by atoms with Crippen molar-refractivity contribution in [3.8, 4) is 0 Å². The second-order valence-electron chi connectivity index (χ2n) is 8.40. The number of nitrogens with one attached hydrogen (secondary N) is 1. The summed E-state index contributed by atoms with van der Waals surface area (Å²) >= 11 is 3.45. The van der Waals surface area contributed by atoms with Crippen LogP contribution in [0.4, 0.5) is 0 Å². The van der Waals surface area contributed by atoms with Crippen molar-refractivity contribution >= 4 is 32.9 Å². The molecule has 2 aromatic carbocycles. The zero-order valence-electron chi connectivity index (χ0n) is 17.6. The van der Waals surface area contributed by atoms with E-state index in [9.17, 15) is 4.79 Å². The van der Waals surface area contributed by atoms with E-state index >= 15 is 0 Å². The summed E-state index contributed by atoms with van der Waals surface area (Å²) in [6.07, 6.45) is 1.99. The van der Waals surface area contributed by atoms with Crippen molar-refractivity contribution in [2.24, 2.45) is 5.92 Å². The highest BCUT2D eigenvalue weighted by molar-refractivity contribution is 9.10. The number of imidazole rings is 1. The lowest BCUT2D eigenvalue weighted by Crippen LogP contribution is -2.42. The Bertz CT molecular complexity index is 1010. The standard InChI is InChI=1S/C24H29BrN4O/c1-17(2)29-22-8-4-3-7-21(22)27-23(29)16-28-13-5-6-19(15-28)24(30)26-14-18-9-11-20(25)12-10-18/h3-4,7-12,17,19H,5-6,13-16H2,1-2H3,(H,26,30)/t19-/m0/s1. The van der Waals surface area contributed by atoms with E-state index in [1.807, 2.05) is 30.3 Å². The Morgan fingerprint density at radius 3 is 2.73 bits per heavy atom. The largest absolute Gasteiger partial charge is 0.352 e. The van der Waals surface area contributed by atoms with Crippen molar-refractivity contribution < 1.29 is 4.79 Å². The summed E-state index contributed by atoms with van der Waals surface area (Å²) in [5, 5.41) is 3.12. The number of hydrogen-bond acceptors (Lipinski definition) is 3. The molecule has 0 unspecified atom stereocenters. The molecule has 1 aliphatic rings. The minimum absolute atomic E-state index is 0.0334. The number of piperidine rings is 1. The van der Waals surface area contributed by atoms with Crippen molar-refractivity contribution in [2.75, 3.05) is 13.1 Å². The average molecular weight is 469 g/mol. The molecule has 0 spiro atoms. The summed E-state index contributed by atoms with van der Waals surface area (Å²) in [5.74, 6) is 1.27. The molecule has 1 fully saturated rings. The van der Waals surface area contributed by atoms with Gasteiger partial charge < -0.3 is 9.88 Å². The molecule has 6 heteroatoms. The number of fused-ring (bicyclic) bond motifs is 1. The summed E-state index contributed by atoms with van der Waals surface area (Å²) in [6, 6.07) is 16.8. The number of rotatable bonds is 6. The maximum atomic E-state index is 12.8. The lowest BCUT2D eigenvalue weighted by atomic mass is 9.97. The molecule has 1 aliphatic heterocycles. The zero-order valence-corrected chi connectivity index (χ0v) is 19.2. The summed E-state index contributed by atoms with van der Waals surface area (Å²) in [7, 11) is 0. The van der Waals surface area contributed by atoms with Crippen molar-refractivity contribution in [3.63, 3.8) is 0 Å². The highest BCUT2D eigenvalue weighted by Gasteiger charge is 2.27. The molecule has 1 saturated heterocycles. The van der Waals surface area contributed by atoms with Crippen LogP contribution in [0.15, 0.2) is 53.0 Å². The minimum atomic E-state index is 0.0334. The predicted molar refractivity (Wildman–Crippen MR) is 124 cm³/mol. The number of carbonyl (C=O) groups is 1. The average Bonchev–Trinajstić information content (AvgIpc) is 3.11. The molecule has 0 radical (unpaired) electrons. The van der Waals surface area contributed by atoms with E-state index in [2.05, 4.69) is 62.8 Å². The monoisotopic (exact) mass is 468 g/mol. The number of para-hydroxylation sites is 2. The molecule has 0 aliphatic carbocycles. The van der Waals surface area contributed by atoms with Crippen LogP contribution in [-0.2, 0) is 17.9 Å². The fraction of sp³-hybridized carbons (Fsp3) is 0.417. The number of nitrogens with zero attached hydrogens (tertiary/aromatic N) is 3. The Morgan fingerprint density at radius 1 is 1.20 bits per heavy atom. The number of halogens is 1. The first-order valence-electron chi connectivity index (χ1n) is 10.7. The molecule has 158 valence electrons. The first-order chi connectivity index (χ1) is 14.5. The quantitative estimate of drug-likeness (QED) is 0.558. The van der Waals surface area contributed by atoms with Gasteiger partial charge in [-0.3, -0.25) is 9.69 Å². The number of benzene rings is 2. The van der Waals surface area contributed by atoms with Crippen molar-refractivity contribution in [1.29, 1.82) is 0 Å². The lowest BCUT2D eigenvalue weighted by molar-refractivity contribution is -0.127. The Hall–Kier alpha value is -2.18. The van der Waals surface area contributed by atoms with Crippen LogP contribution in [0.25, 0.3) is 11.0 Å². The predicted octanol–water partition coefficient (Wildman–Crippen LogP) is 4.91. The number of hydrogen-bond donors (Lipinski definition) is 1. The Labute approximate surface area is 186 Å². The van der Waals surface area contributed by atoms with E-state index in [4.69, 9.17) is 4.98 Å². The minimum Gasteiger partial charge on any atom is -0.352 e. The molecule has 2 heterocycles. The molecule has 1 atom stereocenters. The SMILES string of the molecule is CC(C)n1c(CN2CCC[C@H](C(=O)NCc3ccc(Br)cc3)C2)nc2ccccc21. The van der Waals surface area contributed by atoms with Gasteiger partial charge >= 0.3 is 0 Å². The van der Waals surface area contributed by atoms with Crippen molar-refractivity contribution in [3.05, 3.63) is 64.4 Å². The Morgan fingerprint density at radius 2 is 1.97 bits per heavy atom. The highest BCUT2D eigenvalue weighted by atomic mass is 79.9. The van der Waals surface area contributed by atoms with E-state index < -0.39 is 0 Å². The van der Waals surface area contributed by atoms with Crippen LogP contribution >= 0.6 is 15.9 Å². The highest BCUT2D eigenvalue weighted by Crippen LogP contribution is 2.24. The van der Waals surface area contributed by atoms with Gasteiger partial charge in [0.2, 0.25) is 5.91 Å². The van der Waals surface area contributed by atoms with Gasteiger partial charge in [0, 0.05) is 23.6 Å². The van der Waals surface area contributed by atoms with Gasteiger partial charge in [-0.15, -0.1) is 0 Å². The number of amides is 1. The zero-order chi connectivity index (χ0) is 21.1. The molecule has 1 N–H and O–H groups in total. The molecule has 5 nitrogen and oxygen atoms in total. The van der Waals surface area contributed by atoms with Gasteiger partial charge in [0.05, 0.1) is 23.5 Å². The van der Waals surface area contributed by atoms with Gasteiger partial charge in [0.1, 0.15) is 5.82 Å². The van der Waals surface area contributed by atoms with Crippen LogP contribution in [0, 0.1) is 5.92 Å². The van der Waals surface area contributed by atoms with Crippen LogP contribution in [0.2, 0.25) is 0 Å². The third-order valence-electron chi connectivity index (χ3n) is 5.81. The summed E-state index contributed by atoms with van der Waals surface area (Å²) < 4.78 is 3.37. The van der Waals surface area contributed by atoms with Gasteiger partial charge in [0.15, 0.2) is 0 Å². The maximum Gasteiger partial charge on any atom is 0.224 e. The summed E-state index contributed by atoms with van der Waals surface area (Å²) in [4.78, 5) is 20.1. The molecule has 30 heavy (non-hydrogen) atoms. The van der Waals surface area contributed by atoms with Gasteiger partial charge in [-0.2, -0.15) is 0 Å². The van der Waals surface area contributed by atoms with Crippen LogP contribution in [0.3, 0.4) is 0 Å². The van der Waals surface area contributed by atoms with Crippen LogP contribution < -0.4 is 5.32 Å². The molecule has 3 aromatic rings. The van der Waals surface area contributed by atoms with E-state index in [0.717, 1.165) is 53.9 Å². The molecule has 0 bridgehead atoms. The summed E-state index contributed by atoms with van der Waals surface area (Å²) in [5.41, 5.74) is 3.34. The van der Waals surface area contributed by atoms with Crippen molar-refractivity contribution in [1.82, 2.24) is 19.8 Å². The Kier molecular flexibility index (Phi) is 6.54. The number of likely N-dealkylation sites (tertiary alicyclic amines) is 1. The van der Waals surface area contributed by atoms with Gasteiger partial charge in [-0.05, 0) is 63.1 Å². The van der Waals surface area contributed by atoms with Crippen LogP contribution in [0.1, 0.15) is 44.1 Å². The molecule has 4 rings (SSSR count). The number of carbonyl (C=O) groups excluding carboxylic acids is 1. The van der Waals surface area contributed by atoms with Crippen molar-refractivity contribution in [2.45, 2.75) is 45.8 Å². The third-order valence-corrected chi connectivity index (χ3v) is 6.34. The fourth-order valence-corrected chi connectivity index (χ4v) is 4.60. The van der Waals surface area contributed by atoms with E-state index in [1.165, 1.54) is 5.52 Å². The smallest absolute Gasteiger partial charge is 0.224 e. The van der Waals surface area contributed by atoms with Crippen LogP contribution in [0.5, 0.6) is 0 Å². The van der Waals surface area contributed by atoms with Crippen LogP contribution in [-0.4, -0.2) is 33.4 Å². The molecule has 0 saturated carbocycles. The molecular weight excluding hydrogens is 440 g/mol. The topological polar surface area (TPSA) is 50.2 Å². The lowest BCUT2D eigenvalue weighted by Gasteiger charge is -2.32. The molecule has 1 amide bonds. The maximum absolute atomic E-state index is 12.8. The molecule has 1 aromatic heterocycles. The molecular formula is C24H29BrN4O. The second-order valence-corrected chi connectivity index (χ2v) is 9.31. The third kappa shape index (κ3) is 4.76. The summed E-state index contributed by atoms with van der Waals surface area (Å²) in [6.45, 7) is 7.55. The van der Waals surface area contributed by atoms with Gasteiger partial charge in [0.25, 0.3) is 0 Å². The second kappa shape index (κ2) is 9.31. The number of aromatic nitrogens is 2.